The number of nitrogens with zero attached hydrogens (tertiary/aromatic N) is 1. The molecule has 0 radical (unpaired) electrons. The predicted molar refractivity (Wildman–Crippen MR) is 65.2 cm³/mol. The SMILES string of the molecule is Cc1cc2nc(C(N)C3CC3)[nH]c2cc1C. The molecule has 0 saturated heterocycles. The Morgan fingerprint density at radius 3 is 2.69 bits per heavy atom. The third kappa shape index (κ3) is 1.52. The van der Waals surface area contributed by atoms with Crippen molar-refractivity contribution in [3.63, 3.8) is 0 Å². The van der Waals surface area contributed by atoms with Gasteiger partial charge in [0.2, 0.25) is 0 Å². The molecule has 1 saturated carbocycles. The van der Waals surface area contributed by atoms with E-state index in [4.69, 9.17) is 5.73 Å². The molecule has 1 unspecified atom stereocenters. The number of aromatic amines is 1. The van der Waals surface area contributed by atoms with Crippen molar-refractivity contribution in [3.8, 4) is 0 Å². The van der Waals surface area contributed by atoms with Crippen LogP contribution in [0.25, 0.3) is 11.0 Å². The molecule has 3 rings (SSSR count). The zero-order valence-electron chi connectivity index (χ0n) is 9.75. The number of aromatic nitrogens is 2. The second-order valence-corrected chi connectivity index (χ2v) is 4.94. The highest BCUT2D eigenvalue weighted by Crippen LogP contribution is 2.38. The molecule has 1 aromatic heterocycles. The molecule has 1 fully saturated rings. The summed E-state index contributed by atoms with van der Waals surface area (Å²) in [7, 11) is 0. The molecule has 0 spiro atoms. The first-order valence-corrected chi connectivity index (χ1v) is 5.87. The van der Waals surface area contributed by atoms with Crippen LogP contribution in [-0.4, -0.2) is 9.97 Å². The quantitative estimate of drug-likeness (QED) is 0.809. The highest BCUT2D eigenvalue weighted by Gasteiger charge is 2.31. The molecule has 84 valence electrons. The van der Waals surface area contributed by atoms with Crippen LogP contribution in [0.4, 0.5) is 0 Å². The zero-order valence-corrected chi connectivity index (χ0v) is 9.75. The van der Waals surface area contributed by atoms with Crippen LogP contribution in [0.15, 0.2) is 12.1 Å². The number of nitrogens with two attached hydrogens (primary N) is 1. The summed E-state index contributed by atoms with van der Waals surface area (Å²) in [6.45, 7) is 4.24. The van der Waals surface area contributed by atoms with Gasteiger partial charge in [0.25, 0.3) is 0 Å². The Bertz CT molecular complexity index is 498. The van der Waals surface area contributed by atoms with Gasteiger partial charge in [0.1, 0.15) is 5.82 Å². The van der Waals surface area contributed by atoms with Crippen molar-refractivity contribution in [2.45, 2.75) is 32.7 Å². The fourth-order valence-corrected chi connectivity index (χ4v) is 2.13. The van der Waals surface area contributed by atoms with Crippen molar-refractivity contribution in [2.75, 3.05) is 0 Å². The first-order chi connectivity index (χ1) is 7.65. The zero-order chi connectivity index (χ0) is 11.3. The van der Waals surface area contributed by atoms with Crippen molar-refractivity contribution in [1.82, 2.24) is 9.97 Å². The number of nitrogens with one attached hydrogen (secondary N) is 1. The van der Waals surface area contributed by atoms with Crippen LogP contribution in [0.2, 0.25) is 0 Å². The monoisotopic (exact) mass is 215 g/mol. The van der Waals surface area contributed by atoms with Gasteiger partial charge in [0.05, 0.1) is 17.1 Å². The van der Waals surface area contributed by atoms with Crippen LogP contribution < -0.4 is 5.73 Å². The van der Waals surface area contributed by atoms with Gasteiger partial charge < -0.3 is 10.7 Å². The molecule has 3 N–H and O–H groups in total. The topological polar surface area (TPSA) is 54.7 Å². The summed E-state index contributed by atoms with van der Waals surface area (Å²) in [5.41, 5.74) is 10.9. The van der Waals surface area contributed by atoms with Gasteiger partial charge in [-0.1, -0.05) is 0 Å². The van der Waals surface area contributed by atoms with Crippen molar-refractivity contribution in [3.05, 3.63) is 29.1 Å². The van der Waals surface area contributed by atoms with E-state index in [0.717, 1.165) is 16.9 Å². The lowest BCUT2D eigenvalue weighted by atomic mass is 10.1. The van der Waals surface area contributed by atoms with Crippen molar-refractivity contribution in [2.24, 2.45) is 11.7 Å². The lowest BCUT2D eigenvalue weighted by Gasteiger charge is -2.04. The van der Waals surface area contributed by atoms with Crippen LogP contribution in [0.1, 0.15) is 35.8 Å². The Balaban J connectivity index is 2.07. The summed E-state index contributed by atoms with van der Waals surface area (Å²) in [4.78, 5) is 7.94. The van der Waals surface area contributed by atoms with Gasteiger partial charge >= 0.3 is 0 Å². The Labute approximate surface area is 95.1 Å². The van der Waals surface area contributed by atoms with Gasteiger partial charge in [-0.15, -0.1) is 0 Å². The Morgan fingerprint density at radius 2 is 2.00 bits per heavy atom. The maximum Gasteiger partial charge on any atom is 0.124 e. The highest BCUT2D eigenvalue weighted by molar-refractivity contribution is 5.77. The standard InChI is InChI=1S/C13H17N3/c1-7-5-10-11(6-8(7)2)16-13(15-10)12(14)9-3-4-9/h5-6,9,12H,3-4,14H2,1-2H3,(H,15,16). The number of benzene rings is 1. The van der Waals surface area contributed by atoms with E-state index < -0.39 is 0 Å². The highest BCUT2D eigenvalue weighted by atomic mass is 15.0. The number of fused-ring (bicyclic) bond motifs is 1. The molecule has 1 aliphatic carbocycles. The first-order valence-electron chi connectivity index (χ1n) is 5.87. The van der Waals surface area contributed by atoms with Gasteiger partial charge in [-0.25, -0.2) is 4.98 Å². The summed E-state index contributed by atoms with van der Waals surface area (Å²) in [5, 5.41) is 0. The molecular formula is C13H17N3. The Kier molecular flexibility index (Phi) is 2.04. The number of imidazole rings is 1. The molecule has 1 atom stereocenters. The molecule has 0 aliphatic heterocycles. The summed E-state index contributed by atoms with van der Waals surface area (Å²) in [5.74, 6) is 1.59. The minimum atomic E-state index is 0.0908. The number of hydrogen-bond donors (Lipinski definition) is 2. The number of rotatable bonds is 2. The second kappa shape index (κ2) is 3.32. The Hall–Kier alpha value is -1.35. The van der Waals surface area contributed by atoms with E-state index in [-0.39, 0.29) is 6.04 Å². The van der Waals surface area contributed by atoms with Crippen molar-refractivity contribution in [1.29, 1.82) is 0 Å². The van der Waals surface area contributed by atoms with Gasteiger partial charge in [-0.05, 0) is 55.9 Å². The fourth-order valence-electron chi connectivity index (χ4n) is 2.13. The molecule has 0 bridgehead atoms. The van der Waals surface area contributed by atoms with Gasteiger partial charge in [0, 0.05) is 0 Å². The third-order valence-electron chi connectivity index (χ3n) is 3.56. The predicted octanol–water partition coefficient (Wildman–Crippen LogP) is 2.59. The summed E-state index contributed by atoms with van der Waals surface area (Å²) in [6, 6.07) is 4.37. The molecule has 3 nitrogen and oxygen atoms in total. The van der Waals surface area contributed by atoms with E-state index in [2.05, 4.69) is 35.9 Å². The number of H-pyrrole nitrogens is 1. The lowest BCUT2D eigenvalue weighted by Crippen LogP contribution is -2.13. The summed E-state index contributed by atoms with van der Waals surface area (Å²) in [6.07, 6.45) is 2.49. The normalized spacial score (nSPS) is 17.9. The molecule has 1 aromatic carbocycles. The minimum Gasteiger partial charge on any atom is -0.341 e. The van der Waals surface area contributed by atoms with E-state index in [1.54, 1.807) is 0 Å². The van der Waals surface area contributed by atoms with E-state index >= 15 is 0 Å². The first kappa shape index (κ1) is 9.85. The van der Waals surface area contributed by atoms with Crippen LogP contribution in [0.3, 0.4) is 0 Å². The number of aryl methyl sites for hydroxylation is 2. The molecule has 1 heterocycles. The molecule has 16 heavy (non-hydrogen) atoms. The number of hydrogen-bond acceptors (Lipinski definition) is 2. The van der Waals surface area contributed by atoms with Crippen molar-refractivity contribution < 1.29 is 0 Å². The van der Waals surface area contributed by atoms with Crippen molar-refractivity contribution >= 4 is 11.0 Å². The van der Waals surface area contributed by atoms with E-state index in [0.29, 0.717) is 5.92 Å². The fraction of sp³-hybridized carbons (Fsp3) is 0.462. The van der Waals surface area contributed by atoms with Crippen LogP contribution in [0.5, 0.6) is 0 Å². The maximum absolute atomic E-state index is 6.15. The minimum absolute atomic E-state index is 0.0908. The summed E-state index contributed by atoms with van der Waals surface area (Å²) >= 11 is 0. The van der Waals surface area contributed by atoms with Crippen LogP contribution in [0, 0.1) is 19.8 Å². The second-order valence-electron chi connectivity index (χ2n) is 4.94. The summed E-state index contributed by atoms with van der Waals surface area (Å²) < 4.78 is 0. The average Bonchev–Trinajstić information content (AvgIpc) is 3.01. The molecule has 0 amide bonds. The Morgan fingerprint density at radius 1 is 1.31 bits per heavy atom. The van der Waals surface area contributed by atoms with Gasteiger partial charge in [-0.3, -0.25) is 0 Å². The van der Waals surface area contributed by atoms with Gasteiger partial charge in [-0.2, -0.15) is 0 Å². The van der Waals surface area contributed by atoms with Crippen LogP contribution in [-0.2, 0) is 0 Å². The maximum atomic E-state index is 6.15. The molecule has 2 aromatic rings. The van der Waals surface area contributed by atoms with Crippen LogP contribution >= 0.6 is 0 Å². The molecule has 1 aliphatic rings. The largest absolute Gasteiger partial charge is 0.341 e. The third-order valence-corrected chi connectivity index (χ3v) is 3.56. The van der Waals surface area contributed by atoms with E-state index in [9.17, 15) is 0 Å². The molecule has 3 heteroatoms. The molecular weight excluding hydrogens is 198 g/mol. The van der Waals surface area contributed by atoms with E-state index in [1.807, 2.05) is 0 Å². The smallest absolute Gasteiger partial charge is 0.124 e. The average molecular weight is 215 g/mol. The lowest BCUT2D eigenvalue weighted by molar-refractivity contribution is 0.602. The van der Waals surface area contributed by atoms with Gasteiger partial charge in [0.15, 0.2) is 0 Å². The van der Waals surface area contributed by atoms with E-state index in [1.165, 1.54) is 24.0 Å².